The van der Waals surface area contributed by atoms with E-state index in [1.54, 1.807) is 24.3 Å². The summed E-state index contributed by atoms with van der Waals surface area (Å²) in [7, 11) is -2.92. The Labute approximate surface area is 82.4 Å². The molecule has 0 heterocycles. The molecule has 0 radical (unpaired) electrons. The molecule has 0 saturated heterocycles. The van der Waals surface area contributed by atoms with Crippen LogP contribution in [0.4, 0.5) is 0 Å². The lowest BCUT2D eigenvalue weighted by Crippen LogP contribution is -1.86. The lowest BCUT2D eigenvalue weighted by atomic mass is 10.2. The molecule has 0 fully saturated rings. The molecule has 0 amide bonds. The highest BCUT2D eigenvalue weighted by Gasteiger charge is 1.96. The summed E-state index contributed by atoms with van der Waals surface area (Å²) in [4.78, 5) is 8.35. The van der Waals surface area contributed by atoms with Gasteiger partial charge in [-0.2, -0.15) is 0 Å². The maximum atomic E-state index is 10.2. The number of hydrogen-bond acceptors (Lipinski definition) is 3. The first kappa shape index (κ1) is 11.0. The van der Waals surface area contributed by atoms with Crippen molar-refractivity contribution in [2.75, 3.05) is 6.61 Å². The van der Waals surface area contributed by atoms with Gasteiger partial charge in [-0.25, -0.2) is 0 Å². The fourth-order valence-electron chi connectivity index (χ4n) is 0.919. The van der Waals surface area contributed by atoms with Crippen molar-refractivity contribution in [3.05, 3.63) is 42.0 Å². The number of benzene rings is 1. The molecular weight excluding hydrogens is 203 g/mol. The van der Waals surface area contributed by atoms with Gasteiger partial charge in [0.15, 0.2) is 0 Å². The SMILES string of the molecule is O=[PH](O)OCC=C(O)c1ccccc1. The van der Waals surface area contributed by atoms with Crippen LogP contribution in [-0.4, -0.2) is 16.6 Å². The second-order valence-electron chi connectivity index (χ2n) is 2.53. The summed E-state index contributed by atoms with van der Waals surface area (Å²) in [6.45, 7) is -0.0744. The van der Waals surface area contributed by atoms with E-state index in [4.69, 9.17) is 4.89 Å². The normalized spacial score (nSPS) is 13.9. The minimum absolute atomic E-state index is 0.0360. The Balaban J connectivity index is 2.57. The van der Waals surface area contributed by atoms with E-state index in [1.165, 1.54) is 6.08 Å². The van der Waals surface area contributed by atoms with E-state index in [9.17, 15) is 9.67 Å². The average Bonchev–Trinajstić information content (AvgIpc) is 2.18. The van der Waals surface area contributed by atoms with Crippen molar-refractivity contribution in [1.82, 2.24) is 0 Å². The van der Waals surface area contributed by atoms with E-state index in [1.807, 2.05) is 6.07 Å². The molecule has 4 nitrogen and oxygen atoms in total. The van der Waals surface area contributed by atoms with Gasteiger partial charge in [0, 0.05) is 5.56 Å². The lowest BCUT2D eigenvalue weighted by molar-refractivity contribution is 0.311. The van der Waals surface area contributed by atoms with Gasteiger partial charge in [-0.3, -0.25) is 4.57 Å². The molecule has 0 aliphatic rings. The summed E-state index contributed by atoms with van der Waals surface area (Å²) in [5.74, 6) is 0.0360. The van der Waals surface area contributed by atoms with Crippen molar-refractivity contribution < 1.29 is 19.1 Å². The van der Waals surface area contributed by atoms with Crippen LogP contribution in [0.3, 0.4) is 0 Å². The molecular formula is C9H11O4P. The Bertz CT molecular complexity index is 334. The fraction of sp³-hybridized carbons (Fsp3) is 0.111. The number of hydrogen-bond donors (Lipinski definition) is 2. The Morgan fingerprint density at radius 3 is 2.64 bits per heavy atom. The van der Waals surface area contributed by atoms with Crippen molar-refractivity contribution >= 4 is 14.0 Å². The molecule has 0 aliphatic carbocycles. The smallest absolute Gasteiger partial charge is 0.316 e. The molecule has 2 N–H and O–H groups in total. The molecule has 0 spiro atoms. The quantitative estimate of drug-likeness (QED) is 0.594. The van der Waals surface area contributed by atoms with E-state index < -0.39 is 8.25 Å². The van der Waals surface area contributed by atoms with E-state index in [0.717, 1.165) is 0 Å². The summed E-state index contributed by atoms with van der Waals surface area (Å²) in [6, 6.07) is 8.87. The number of aliphatic hydroxyl groups is 1. The van der Waals surface area contributed by atoms with E-state index in [0.29, 0.717) is 5.56 Å². The first-order valence-electron chi connectivity index (χ1n) is 4.00. The number of aliphatic hydroxyl groups excluding tert-OH is 1. The van der Waals surface area contributed by atoms with Gasteiger partial charge in [0.2, 0.25) is 0 Å². The van der Waals surface area contributed by atoms with Gasteiger partial charge >= 0.3 is 8.25 Å². The van der Waals surface area contributed by atoms with Crippen LogP contribution in [0.25, 0.3) is 5.76 Å². The van der Waals surface area contributed by atoms with Gasteiger partial charge < -0.3 is 14.5 Å². The minimum atomic E-state index is -2.92. The maximum Gasteiger partial charge on any atom is 0.316 e. The van der Waals surface area contributed by atoms with Crippen molar-refractivity contribution in [1.29, 1.82) is 0 Å². The van der Waals surface area contributed by atoms with Gasteiger partial charge in [-0.15, -0.1) is 0 Å². The highest BCUT2D eigenvalue weighted by molar-refractivity contribution is 7.32. The molecule has 0 aromatic heterocycles. The van der Waals surface area contributed by atoms with Crippen molar-refractivity contribution in [2.24, 2.45) is 0 Å². The van der Waals surface area contributed by atoms with Crippen molar-refractivity contribution in [2.45, 2.75) is 0 Å². The Hall–Kier alpha value is -1.09. The van der Waals surface area contributed by atoms with Crippen LogP contribution in [0, 0.1) is 0 Å². The van der Waals surface area contributed by atoms with Crippen LogP contribution in [-0.2, 0) is 9.09 Å². The summed E-state index contributed by atoms with van der Waals surface area (Å²) in [5.41, 5.74) is 0.647. The van der Waals surface area contributed by atoms with E-state index in [2.05, 4.69) is 4.52 Å². The summed E-state index contributed by atoms with van der Waals surface area (Å²) in [6.07, 6.45) is 1.34. The molecule has 1 rings (SSSR count). The molecule has 1 aromatic rings. The van der Waals surface area contributed by atoms with Crippen molar-refractivity contribution in [3.8, 4) is 0 Å². The third kappa shape index (κ3) is 3.75. The molecule has 76 valence electrons. The maximum absolute atomic E-state index is 10.2. The third-order valence-corrected chi connectivity index (χ3v) is 1.97. The second kappa shape index (κ2) is 5.60. The molecule has 14 heavy (non-hydrogen) atoms. The molecule has 0 aliphatic heterocycles. The Kier molecular flexibility index (Phi) is 4.40. The molecule has 0 saturated carbocycles. The zero-order valence-corrected chi connectivity index (χ0v) is 8.38. The molecule has 1 aromatic carbocycles. The Morgan fingerprint density at radius 2 is 2.07 bits per heavy atom. The van der Waals surface area contributed by atoms with Crippen LogP contribution in [0.5, 0.6) is 0 Å². The minimum Gasteiger partial charge on any atom is -0.508 e. The van der Waals surface area contributed by atoms with Crippen LogP contribution in [0.1, 0.15) is 5.56 Å². The topological polar surface area (TPSA) is 66.8 Å². The summed E-state index contributed by atoms with van der Waals surface area (Å²) < 4.78 is 14.6. The Morgan fingerprint density at radius 1 is 1.43 bits per heavy atom. The van der Waals surface area contributed by atoms with Gasteiger partial charge in [-0.1, -0.05) is 30.3 Å². The highest BCUT2D eigenvalue weighted by Crippen LogP contribution is 2.15. The third-order valence-electron chi connectivity index (χ3n) is 1.55. The summed E-state index contributed by atoms with van der Waals surface area (Å²) >= 11 is 0. The van der Waals surface area contributed by atoms with Gasteiger partial charge in [0.25, 0.3) is 0 Å². The van der Waals surface area contributed by atoms with E-state index in [-0.39, 0.29) is 12.4 Å². The van der Waals surface area contributed by atoms with Crippen LogP contribution >= 0.6 is 8.25 Å². The van der Waals surface area contributed by atoms with Crippen LogP contribution in [0.15, 0.2) is 36.4 Å². The molecule has 1 unspecified atom stereocenters. The van der Waals surface area contributed by atoms with Gasteiger partial charge in [0.1, 0.15) is 5.76 Å². The van der Waals surface area contributed by atoms with E-state index >= 15 is 0 Å². The monoisotopic (exact) mass is 214 g/mol. The first-order chi connectivity index (χ1) is 6.70. The molecule has 0 bridgehead atoms. The zero-order chi connectivity index (χ0) is 10.4. The molecule has 1 atom stereocenters. The largest absolute Gasteiger partial charge is 0.508 e. The fourth-order valence-corrected chi connectivity index (χ4v) is 1.14. The lowest BCUT2D eigenvalue weighted by Gasteiger charge is -1.99. The zero-order valence-electron chi connectivity index (χ0n) is 7.38. The first-order valence-corrected chi connectivity index (χ1v) is 5.27. The average molecular weight is 214 g/mol. The highest BCUT2D eigenvalue weighted by atomic mass is 31.1. The van der Waals surface area contributed by atoms with Crippen molar-refractivity contribution in [3.63, 3.8) is 0 Å². The summed E-state index contributed by atoms with van der Waals surface area (Å²) in [5, 5.41) is 9.44. The predicted octanol–water partition coefficient (Wildman–Crippen LogP) is 1.98. The van der Waals surface area contributed by atoms with Crippen LogP contribution < -0.4 is 0 Å². The standard InChI is InChI=1S/C9H11O4P/c10-9(6-7-13-14(11)12)8-4-2-1-3-5-8/h1-6,10,14H,7H2,(H,11,12). The van der Waals surface area contributed by atoms with Gasteiger partial charge in [0.05, 0.1) is 6.61 Å². The second-order valence-corrected chi connectivity index (χ2v) is 3.35. The predicted molar refractivity (Wildman–Crippen MR) is 54.2 cm³/mol. The molecule has 5 heteroatoms. The number of rotatable bonds is 4. The van der Waals surface area contributed by atoms with Crippen LogP contribution in [0.2, 0.25) is 0 Å². The van der Waals surface area contributed by atoms with Gasteiger partial charge in [-0.05, 0) is 6.08 Å².